The van der Waals surface area contributed by atoms with Crippen molar-refractivity contribution in [3.05, 3.63) is 29.3 Å². The fourth-order valence-electron chi connectivity index (χ4n) is 2.55. The van der Waals surface area contributed by atoms with Gasteiger partial charge in [-0.1, -0.05) is 17.7 Å². The molecule has 0 spiro atoms. The van der Waals surface area contributed by atoms with Crippen LogP contribution in [-0.2, 0) is 10.0 Å². The first-order valence-electron chi connectivity index (χ1n) is 6.62. The molecule has 0 heterocycles. The molecule has 2 rings (SSSR count). The van der Waals surface area contributed by atoms with Gasteiger partial charge in [0.15, 0.2) is 0 Å². The van der Waals surface area contributed by atoms with E-state index < -0.39 is 10.0 Å². The SMILES string of the molecule is Cc1ccc(S(=O)(=O)NC2CCC(Cl)CC2)c(C)c1. The second-order valence-corrected chi connectivity index (χ2v) is 7.64. The Morgan fingerprint density at radius 2 is 1.79 bits per heavy atom. The highest BCUT2D eigenvalue weighted by Gasteiger charge is 2.25. The van der Waals surface area contributed by atoms with Crippen LogP contribution < -0.4 is 4.72 Å². The van der Waals surface area contributed by atoms with Crippen molar-refractivity contribution in [2.45, 2.75) is 55.8 Å². The molecule has 1 fully saturated rings. The van der Waals surface area contributed by atoms with E-state index in [4.69, 9.17) is 11.6 Å². The highest BCUT2D eigenvalue weighted by atomic mass is 35.5. The van der Waals surface area contributed by atoms with Crippen LogP contribution in [0.2, 0.25) is 0 Å². The minimum Gasteiger partial charge on any atom is -0.208 e. The predicted octanol–water partition coefficient (Wildman–Crippen LogP) is 3.13. The van der Waals surface area contributed by atoms with Crippen LogP contribution in [0.15, 0.2) is 23.1 Å². The number of halogens is 1. The Hall–Kier alpha value is -0.580. The topological polar surface area (TPSA) is 46.2 Å². The maximum Gasteiger partial charge on any atom is 0.241 e. The maximum atomic E-state index is 12.4. The lowest BCUT2D eigenvalue weighted by Crippen LogP contribution is -2.38. The average molecular weight is 302 g/mol. The Morgan fingerprint density at radius 1 is 1.16 bits per heavy atom. The quantitative estimate of drug-likeness (QED) is 0.872. The van der Waals surface area contributed by atoms with Crippen LogP contribution in [0.5, 0.6) is 0 Å². The average Bonchev–Trinajstić information content (AvgIpc) is 2.31. The Balaban J connectivity index is 2.14. The second-order valence-electron chi connectivity index (χ2n) is 5.34. The summed E-state index contributed by atoms with van der Waals surface area (Å²) in [5, 5.41) is 0.196. The van der Waals surface area contributed by atoms with Gasteiger partial charge < -0.3 is 0 Å². The number of rotatable bonds is 3. The monoisotopic (exact) mass is 301 g/mol. The van der Waals surface area contributed by atoms with Crippen molar-refractivity contribution < 1.29 is 8.42 Å². The Morgan fingerprint density at radius 3 is 2.37 bits per heavy atom. The summed E-state index contributed by atoms with van der Waals surface area (Å²) < 4.78 is 27.5. The van der Waals surface area contributed by atoms with Crippen LogP contribution >= 0.6 is 11.6 Å². The number of hydrogen-bond donors (Lipinski definition) is 1. The van der Waals surface area contributed by atoms with Gasteiger partial charge in [-0.3, -0.25) is 0 Å². The van der Waals surface area contributed by atoms with E-state index in [9.17, 15) is 8.42 Å². The van der Waals surface area contributed by atoms with Gasteiger partial charge in [0.2, 0.25) is 10.0 Å². The van der Waals surface area contributed by atoms with Crippen LogP contribution in [0.25, 0.3) is 0 Å². The molecule has 5 heteroatoms. The molecule has 19 heavy (non-hydrogen) atoms. The molecule has 0 bridgehead atoms. The molecule has 3 nitrogen and oxygen atoms in total. The van der Waals surface area contributed by atoms with E-state index in [2.05, 4.69) is 4.72 Å². The zero-order chi connectivity index (χ0) is 14.0. The van der Waals surface area contributed by atoms with Crippen LogP contribution in [0.3, 0.4) is 0 Å². The van der Waals surface area contributed by atoms with Crippen LogP contribution in [0, 0.1) is 13.8 Å². The van der Waals surface area contributed by atoms with E-state index in [1.54, 1.807) is 6.07 Å². The van der Waals surface area contributed by atoms with Gasteiger partial charge >= 0.3 is 0 Å². The molecule has 1 aromatic rings. The van der Waals surface area contributed by atoms with E-state index in [0.29, 0.717) is 4.90 Å². The predicted molar refractivity (Wildman–Crippen MR) is 78.1 cm³/mol. The molecule has 1 saturated carbocycles. The number of benzene rings is 1. The summed E-state index contributed by atoms with van der Waals surface area (Å²) in [6.07, 6.45) is 3.39. The lowest BCUT2D eigenvalue weighted by molar-refractivity contribution is 0.416. The van der Waals surface area contributed by atoms with Crippen LogP contribution in [-0.4, -0.2) is 19.8 Å². The molecule has 0 atom stereocenters. The maximum absolute atomic E-state index is 12.4. The van der Waals surface area contributed by atoms with Crippen molar-refractivity contribution in [3.8, 4) is 0 Å². The molecule has 1 aliphatic rings. The standard InChI is InChI=1S/C14H20ClNO2S/c1-10-3-8-14(11(2)9-10)19(17,18)16-13-6-4-12(15)5-7-13/h3,8-9,12-13,16H,4-7H2,1-2H3. The number of alkyl halides is 1. The highest BCUT2D eigenvalue weighted by Crippen LogP contribution is 2.25. The summed E-state index contributed by atoms with van der Waals surface area (Å²) in [6, 6.07) is 5.42. The van der Waals surface area contributed by atoms with Gasteiger partial charge in [-0.25, -0.2) is 13.1 Å². The molecule has 106 valence electrons. The summed E-state index contributed by atoms with van der Waals surface area (Å²) >= 11 is 6.04. The van der Waals surface area contributed by atoms with Crippen molar-refractivity contribution in [2.24, 2.45) is 0 Å². The summed E-state index contributed by atoms with van der Waals surface area (Å²) in [5.41, 5.74) is 1.86. The minimum atomic E-state index is -3.42. The van der Waals surface area contributed by atoms with Gasteiger partial charge in [0.05, 0.1) is 4.90 Å². The number of sulfonamides is 1. The zero-order valence-electron chi connectivity index (χ0n) is 11.3. The first-order valence-corrected chi connectivity index (χ1v) is 8.54. The molecule has 1 N–H and O–H groups in total. The van der Waals surface area contributed by atoms with Gasteiger partial charge in [0.25, 0.3) is 0 Å². The van der Waals surface area contributed by atoms with Crippen molar-refractivity contribution in [1.82, 2.24) is 4.72 Å². The van der Waals surface area contributed by atoms with Crippen LogP contribution in [0.1, 0.15) is 36.8 Å². The fourth-order valence-corrected chi connectivity index (χ4v) is 4.34. The number of hydrogen-bond acceptors (Lipinski definition) is 2. The van der Waals surface area contributed by atoms with Crippen molar-refractivity contribution >= 4 is 21.6 Å². The van der Waals surface area contributed by atoms with Gasteiger partial charge in [-0.15, -0.1) is 11.6 Å². The number of aryl methyl sites for hydroxylation is 2. The fraction of sp³-hybridized carbons (Fsp3) is 0.571. The van der Waals surface area contributed by atoms with E-state index in [-0.39, 0.29) is 11.4 Å². The lowest BCUT2D eigenvalue weighted by Gasteiger charge is -2.25. The molecule has 0 amide bonds. The molecule has 0 radical (unpaired) electrons. The molecule has 0 saturated heterocycles. The molecule has 1 aliphatic carbocycles. The van der Waals surface area contributed by atoms with Crippen molar-refractivity contribution in [1.29, 1.82) is 0 Å². The summed E-state index contributed by atoms with van der Waals surface area (Å²) in [5.74, 6) is 0. The highest BCUT2D eigenvalue weighted by molar-refractivity contribution is 7.89. The summed E-state index contributed by atoms with van der Waals surface area (Å²) in [7, 11) is -3.42. The molecule has 0 aliphatic heterocycles. The third-order valence-corrected chi connectivity index (χ3v) is 5.72. The largest absolute Gasteiger partial charge is 0.241 e. The Kier molecular flexibility index (Phi) is 4.54. The number of nitrogens with one attached hydrogen (secondary N) is 1. The van der Waals surface area contributed by atoms with E-state index in [1.165, 1.54) is 0 Å². The molecule has 0 unspecified atom stereocenters. The van der Waals surface area contributed by atoms with Crippen molar-refractivity contribution in [2.75, 3.05) is 0 Å². The first-order chi connectivity index (χ1) is 8.88. The Labute approximate surface area is 120 Å². The third-order valence-electron chi connectivity index (χ3n) is 3.60. The van der Waals surface area contributed by atoms with E-state index in [0.717, 1.165) is 36.8 Å². The molecular formula is C14H20ClNO2S. The molecule has 0 aromatic heterocycles. The van der Waals surface area contributed by atoms with Gasteiger partial charge in [0.1, 0.15) is 0 Å². The summed E-state index contributed by atoms with van der Waals surface area (Å²) in [4.78, 5) is 0.381. The van der Waals surface area contributed by atoms with Gasteiger partial charge in [-0.2, -0.15) is 0 Å². The van der Waals surface area contributed by atoms with Gasteiger partial charge in [-0.05, 0) is 51.2 Å². The Bertz CT molecular complexity index is 549. The lowest BCUT2D eigenvalue weighted by atomic mass is 9.96. The molecule has 1 aromatic carbocycles. The first kappa shape index (κ1) is 14.8. The zero-order valence-corrected chi connectivity index (χ0v) is 12.9. The smallest absolute Gasteiger partial charge is 0.208 e. The minimum absolute atomic E-state index is 0.0145. The third kappa shape index (κ3) is 3.71. The summed E-state index contributed by atoms with van der Waals surface area (Å²) in [6.45, 7) is 3.79. The van der Waals surface area contributed by atoms with Crippen molar-refractivity contribution in [3.63, 3.8) is 0 Å². The molecular weight excluding hydrogens is 282 g/mol. The van der Waals surface area contributed by atoms with E-state index >= 15 is 0 Å². The van der Waals surface area contributed by atoms with Gasteiger partial charge in [0, 0.05) is 11.4 Å². The second kappa shape index (κ2) is 5.81. The van der Waals surface area contributed by atoms with Crippen LogP contribution in [0.4, 0.5) is 0 Å². The normalized spacial score (nSPS) is 24.4. The van der Waals surface area contributed by atoms with E-state index in [1.807, 2.05) is 26.0 Å².